The molecule has 0 aromatic rings. The van der Waals surface area contributed by atoms with E-state index in [4.69, 9.17) is 9.47 Å². The van der Waals surface area contributed by atoms with E-state index in [-0.39, 0.29) is 18.4 Å². The SMILES string of the molecule is CCOC(=O)C(CC(C)C)(CC1CCOCC1)C(=O)O. The Kier molecular flexibility index (Phi) is 6.46. The predicted octanol–water partition coefficient (Wildman–Crippen LogP) is 2.48. The first-order valence-corrected chi connectivity index (χ1v) is 7.40. The first kappa shape index (κ1) is 17.0. The van der Waals surface area contributed by atoms with Crippen LogP contribution in [-0.2, 0) is 19.1 Å². The molecular weight excluding hydrogens is 260 g/mol. The van der Waals surface area contributed by atoms with Gasteiger partial charge >= 0.3 is 11.9 Å². The van der Waals surface area contributed by atoms with Gasteiger partial charge < -0.3 is 14.6 Å². The predicted molar refractivity (Wildman–Crippen MR) is 74.3 cm³/mol. The van der Waals surface area contributed by atoms with Gasteiger partial charge in [0.25, 0.3) is 0 Å². The monoisotopic (exact) mass is 286 g/mol. The highest BCUT2D eigenvalue weighted by Crippen LogP contribution is 2.38. The topological polar surface area (TPSA) is 72.8 Å². The molecule has 1 saturated heterocycles. The van der Waals surface area contributed by atoms with E-state index in [1.165, 1.54) is 0 Å². The average Bonchev–Trinajstić information content (AvgIpc) is 2.38. The number of hydrogen-bond donors (Lipinski definition) is 1. The summed E-state index contributed by atoms with van der Waals surface area (Å²) < 4.78 is 10.4. The number of rotatable bonds is 7. The van der Waals surface area contributed by atoms with Crippen molar-refractivity contribution >= 4 is 11.9 Å². The summed E-state index contributed by atoms with van der Waals surface area (Å²) in [5, 5.41) is 9.67. The van der Waals surface area contributed by atoms with Gasteiger partial charge in [-0.3, -0.25) is 9.59 Å². The lowest BCUT2D eigenvalue weighted by atomic mass is 9.72. The molecule has 0 amide bonds. The van der Waals surface area contributed by atoms with Gasteiger partial charge in [0.2, 0.25) is 0 Å². The third-order valence-corrected chi connectivity index (χ3v) is 3.81. The number of carbonyl (C=O) groups is 2. The van der Waals surface area contributed by atoms with Gasteiger partial charge in [0.15, 0.2) is 5.41 Å². The third-order valence-electron chi connectivity index (χ3n) is 3.81. The molecule has 1 atom stereocenters. The minimum absolute atomic E-state index is 0.121. The van der Waals surface area contributed by atoms with Crippen molar-refractivity contribution in [2.24, 2.45) is 17.3 Å². The number of carboxylic acid groups (broad SMARTS) is 1. The number of ether oxygens (including phenoxy) is 2. The van der Waals surface area contributed by atoms with Gasteiger partial charge in [-0.05, 0) is 44.4 Å². The molecule has 0 radical (unpaired) electrons. The molecule has 1 heterocycles. The van der Waals surface area contributed by atoms with Gasteiger partial charge in [0.05, 0.1) is 6.61 Å². The molecule has 0 saturated carbocycles. The molecule has 0 aromatic heterocycles. The summed E-state index contributed by atoms with van der Waals surface area (Å²) in [5.74, 6) is -1.32. The van der Waals surface area contributed by atoms with Crippen LogP contribution in [0.25, 0.3) is 0 Å². The Balaban J connectivity index is 2.94. The maximum Gasteiger partial charge on any atom is 0.323 e. The van der Waals surface area contributed by atoms with E-state index in [0.29, 0.717) is 26.1 Å². The lowest BCUT2D eigenvalue weighted by molar-refractivity contribution is -0.172. The summed E-state index contributed by atoms with van der Waals surface area (Å²) in [7, 11) is 0. The van der Waals surface area contributed by atoms with Crippen molar-refractivity contribution in [1.29, 1.82) is 0 Å². The Morgan fingerprint density at radius 2 is 1.95 bits per heavy atom. The first-order valence-electron chi connectivity index (χ1n) is 7.40. The minimum Gasteiger partial charge on any atom is -0.480 e. The van der Waals surface area contributed by atoms with E-state index in [1.807, 2.05) is 13.8 Å². The van der Waals surface area contributed by atoms with Crippen LogP contribution in [0, 0.1) is 17.3 Å². The van der Waals surface area contributed by atoms with Crippen LogP contribution in [0.2, 0.25) is 0 Å². The largest absolute Gasteiger partial charge is 0.480 e. The third kappa shape index (κ3) is 4.20. The van der Waals surface area contributed by atoms with Crippen molar-refractivity contribution < 1.29 is 24.2 Å². The summed E-state index contributed by atoms with van der Waals surface area (Å²) in [6.07, 6.45) is 2.29. The molecule has 0 aliphatic carbocycles. The van der Waals surface area contributed by atoms with Crippen LogP contribution in [0.1, 0.15) is 46.5 Å². The lowest BCUT2D eigenvalue weighted by Crippen LogP contribution is -2.44. The summed E-state index contributed by atoms with van der Waals surface area (Å²) in [6, 6.07) is 0. The van der Waals surface area contributed by atoms with Crippen molar-refractivity contribution in [3.8, 4) is 0 Å². The second-order valence-corrected chi connectivity index (χ2v) is 5.97. The molecule has 1 aliphatic rings. The summed E-state index contributed by atoms with van der Waals surface area (Å²) >= 11 is 0. The number of hydrogen-bond acceptors (Lipinski definition) is 4. The maximum atomic E-state index is 12.3. The van der Waals surface area contributed by atoms with Gasteiger partial charge in [-0.25, -0.2) is 0 Å². The first-order chi connectivity index (χ1) is 9.42. The quantitative estimate of drug-likeness (QED) is 0.575. The highest BCUT2D eigenvalue weighted by Gasteiger charge is 2.49. The Morgan fingerprint density at radius 3 is 2.40 bits per heavy atom. The van der Waals surface area contributed by atoms with E-state index < -0.39 is 17.4 Å². The van der Waals surface area contributed by atoms with Crippen LogP contribution < -0.4 is 0 Å². The molecular formula is C15H26O5. The molecule has 1 fully saturated rings. The normalized spacial score (nSPS) is 19.6. The fraction of sp³-hybridized carbons (Fsp3) is 0.867. The van der Waals surface area contributed by atoms with E-state index in [1.54, 1.807) is 6.92 Å². The molecule has 1 rings (SSSR count). The second kappa shape index (κ2) is 7.62. The molecule has 0 aromatic carbocycles. The molecule has 5 heteroatoms. The van der Waals surface area contributed by atoms with Crippen molar-refractivity contribution in [3.05, 3.63) is 0 Å². The van der Waals surface area contributed by atoms with Gasteiger partial charge in [-0.2, -0.15) is 0 Å². The van der Waals surface area contributed by atoms with Gasteiger partial charge in [0, 0.05) is 13.2 Å². The zero-order valence-corrected chi connectivity index (χ0v) is 12.7. The van der Waals surface area contributed by atoms with Crippen molar-refractivity contribution in [1.82, 2.24) is 0 Å². The zero-order chi connectivity index (χ0) is 15.2. The van der Waals surface area contributed by atoms with Crippen LogP contribution in [0.3, 0.4) is 0 Å². The number of aliphatic carboxylic acids is 1. The Labute approximate surface area is 120 Å². The molecule has 1 unspecified atom stereocenters. The van der Waals surface area contributed by atoms with Crippen LogP contribution in [-0.4, -0.2) is 36.9 Å². The van der Waals surface area contributed by atoms with Crippen molar-refractivity contribution in [2.75, 3.05) is 19.8 Å². The van der Waals surface area contributed by atoms with Crippen LogP contribution >= 0.6 is 0 Å². The second-order valence-electron chi connectivity index (χ2n) is 5.97. The number of carbonyl (C=O) groups excluding carboxylic acids is 1. The van der Waals surface area contributed by atoms with Crippen LogP contribution in [0.5, 0.6) is 0 Å². The number of carboxylic acids is 1. The van der Waals surface area contributed by atoms with Gasteiger partial charge in [-0.1, -0.05) is 13.8 Å². The van der Waals surface area contributed by atoms with Crippen LogP contribution in [0.15, 0.2) is 0 Å². The Morgan fingerprint density at radius 1 is 1.35 bits per heavy atom. The smallest absolute Gasteiger partial charge is 0.323 e. The lowest BCUT2D eigenvalue weighted by Gasteiger charge is -2.33. The molecule has 116 valence electrons. The molecule has 1 aliphatic heterocycles. The molecule has 0 bridgehead atoms. The molecule has 0 spiro atoms. The van der Waals surface area contributed by atoms with E-state index >= 15 is 0 Å². The molecule has 20 heavy (non-hydrogen) atoms. The van der Waals surface area contributed by atoms with Gasteiger partial charge in [-0.15, -0.1) is 0 Å². The summed E-state index contributed by atoms with van der Waals surface area (Å²) in [5.41, 5.74) is -1.41. The maximum absolute atomic E-state index is 12.3. The van der Waals surface area contributed by atoms with Gasteiger partial charge in [0.1, 0.15) is 0 Å². The van der Waals surface area contributed by atoms with E-state index in [2.05, 4.69) is 0 Å². The number of esters is 1. The zero-order valence-electron chi connectivity index (χ0n) is 12.7. The Bertz CT molecular complexity index is 333. The average molecular weight is 286 g/mol. The van der Waals surface area contributed by atoms with E-state index in [0.717, 1.165) is 12.8 Å². The fourth-order valence-corrected chi connectivity index (χ4v) is 2.92. The highest BCUT2D eigenvalue weighted by molar-refractivity contribution is 5.99. The van der Waals surface area contributed by atoms with Crippen LogP contribution in [0.4, 0.5) is 0 Å². The highest BCUT2D eigenvalue weighted by atomic mass is 16.5. The van der Waals surface area contributed by atoms with Crippen molar-refractivity contribution in [3.63, 3.8) is 0 Å². The molecule has 5 nitrogen and oxygen atoms in total. The van der Waals surface area contributed by atoms with E-state index in [9.17, 15) is 14.7 Å². The summed E-state index contributed by atoms with van der Waals surface area (Å²) in [4.78, 5) is 24.1. The van der Waals surface area contributed by atoms with Crippen molar-refractivity contribution in [2.45, 2.75) is 46.5 Å². The Hall–Kier alpha value is -1.10. The molecule has 1 N–H and O–H groups in total. The minimum atomic E-state index is -1.41. The fourth-order valence-electron chi connectivity index (χ4n) is 2.92. The summed E-state index contributed by atoms with van der Waals surface area (Å²) in [6.45, 7) is 7.06. The standard InChI is InChI=1S/C15H26O5/c1-4-20-14(18)15(13(16)17,9-11(2)3)10-12-5-7-19-8-6-12/h11-12H,4-10H2,1-3H3,(H,16,17).